The Morgan fingerprint density at radius 2 is 2.33 bits per heavy atom. The van der Waals surface area contributed by atoms with E-state index >= 15 is 0 Å². The average Bonchev–Trinajstić information content (AvgIpc) is 2.58. The minimum Gasteiger partial charge on any atom is -0.477 e. The topological polar surface area (TPSA) is 67.2 Å². The number of nitrogens with one attached hydrogen (secondary N) is 1. The third-order valence-corrected chi connectivity index (χ3v) is 2.14. The van der Waals surface area contributed by atoms with Crippen LogP contribution in [0.4, 0.5) is 0 Å². The molecule has 1 aromatic heterocycles. The van der Waals surface area contributed by atoms with Crippen molar-refractivity contribution in [2.24, 2.45) is 0 Å². The Morgan fingerprint density at radius 3 is 2.80 bits per heavy atom. The van der Waals surface area contributed by atoms with Crippen LogP contribution in [0.2, 0.25) is 0 Å². The molecule has 15 heavy (non-hydrogen) atoms. The quantitative estimate of drug-likeness (QED) is 0.769. The molecule has 0 saturated carbocycles. The van der Waals surface area contributed by atoms with Gasteiger partial charge in [-0.3, -0.25) is 0 Å². The highest BCUT2D eigenvalue weighted by Gasteiger charge is 2.16. The van der Waals surface area contributed by atoms with E-state index in [9.17, 15) is 4.79 Å². The number of nitrogens with zero attached hydrogens (tertiary/aromatic N) is 2. The molecular formula is C10H17N3O2. The van der Waals surface area contributed by atoms with Gasteiger partial charge in [0.2, 0.25) is 0 Å². The van der Waals surface area contributed by atoms with Crippen LogP contribution in [0.25, 0.3) is 0 Å². The molecule has 0 aliphatic heterocycles. The highest BCUT2D eigenvalue weighted by atomic mass is 16.4. The summed E-state index contributed by atoms with van der Waals surface area (Å²) in [4.78, 5) is 15.0. The highest BCUT2D eigenvalue weighted by Crippen LogP contribution is 2.13. The largest absolute Gasteiger partial charge is 0.477 e. The Kier molecular flexibility index (Phi) is 3.85. The second-order valence-electron chi connectivity index (χ2n) is 3.61. The van der Waals surface area contributed by atoms with Gasteiger partial charge in [-0.1, -0.05) is 6.92 Å². The second-order valence-corrected chi connectivity index (χ2v) is 3.61. The molecule has 0 aliphatic carbocycles. The number of hydrogen-bond acceptors (Lipinski definition) is 3. The number of carboxylic acid groups (broad SMARTS) is 1. The Morgan fingerprint density at radius 1 is 1.67 bits per heavy atom. The Bertz CT molecular complexity index is 344. The molecule has 0 aromatic carbocycles. The Hall–Kier alpha value is -1.36. The lowest BCUT2D eigenvalue weighted by molar-refractivity contribution is 0.0683. The number of rotatable bonds is 5. The average molecular weight is 211 g/mol. The van der Waals surface area contributed by atoms with Crippen LogP contribution in [-0.2, 0) is 6.54 Å². The van der Waals surface area contributed by atoms with Crippen LogP contribution in [0.5, 0.6) is 0 Å². The lowest BCUT2D eigenvalue weighted by Crippen LogP contribution is -2.19. The third kappa shape index (κ3) is 2.56. The molecule has 0 unspecified atom stereocenters. The summed E-state index contributed by atoms with van der Waals surface area (Å²) >= 11 is 0. The third-order valence-electron chi connectivity index (χ3n) is 2.14. The zero-order chi connectivity index (χ0) is 11.4. The van der Waals surface area contributed by atoms with Gasteiger partial charge in [0.15, 0.2) is 0 Å². The lowest BCUT2D eigenvalue weighted by Gasteiger charge is -2.13. The predicted molar refractivity (Wildman–Crippen MR) is 57.0 cm³/mol. The summed E-state index contributed by atoms with van der Waals surface area (Å²) in [6.07, 6.45) is 1.41. The molecule has 0 bridgehead atoms. The zero-order valence-corrected chi connectivity index (χ0v) is 9.32. The van der Waals surface area contributed by atoms with Crippen molar-refractivity contribution in [2.45, 2.75) is 33.4 Å². The van der Waals surface area contributed by atoms with Crippen LogP contribution in [0.3, 0.4) is 0 Å². The van der Waals surface area contributed by atoms with Gasteiger partial charge in [0.05, 0.1) is 12.7 Å². The van der Waals surface area contributed by atoms with Crippen molar-refractivity contribution >= 4 is 5.97 Å². The maximum atomic E-state index is 10.9. The minimum atomic E-state index is -0.932. The molecule has 1 aromatic rings. The molecule has 2 N–H and O–H groups in total. The number of aromatic nitrogens is 2. The molecular weight excluding hydrogens is 194 g/mol. The summed E-state index contributed by atoms with van der Waals surface area (Å²) in [5.74, 6) is -0.164. The van der Waals surface area contributed by atoms with Crippen molar-refractivity contribution in [3.05, 3.63) is 17.7 Å². The Labute approximate surface area is 89.1 Å². The number of hydrogen-bond donors (Lipinski definition) is 2. The summed E-state index contributed by atoms with van der Waals surface area (Å²) in [5.41, 5.74) is 0.248. The first kappa shape index (κ1) is 11.7. The van der Waals surface area contributed by atoms with Gasteiger partial charge in [-0.05, 0) is 20.4 Å². The number of carbonyl (C=O) groups is 1. The maximum Gasteiger partial charge on any atom is 0.354 e. The van der Waals surface area contributed by atoms with E-state index in [0.29, 0.717) is 6.54 Å². The van der Waals surface area contributed by atoms with Crippen LogP contribution in [0.1, 0.15) is 43.1 Å². The number of carboxylic acids is 1. The summed E-state index contributed by atoms with van der Waals surface area (Å²) in [6.45, 7) is 7.34. The summed E-state index contributed by atoms with van der Waals surface area (Å²) in [7, 11) is 0. The van der Waals surface area contributed by atoms with Crippen LogP contribution in [0.15, 0.2) is 6.20 Å². The van der Waals surface area contributed by atoms with E-state index in [-0.39, 0.29) is 11.7 Å². The zero-order valence-electron chi connectivity index (χ0n) is 9.32. The summed E-state index contributed by atoms with van der Waals surface area (Å²) in [5, 5.41) is 12.1. The summed E-state index contributed by atoms with van der Waals surface area (Å²) < 4.78 is 1.74. The van der Waals surface area contributed by atoms with Gasteiger partial charge in [0.25, 0.3) is 0 Å². The molecule has 0 aliphatic rings. The fraction of sp³-hybridized carbons (Fsp3) is 0.600. The van der Waals surface area contributed by atoms with Crippen molar-refractivity contribution in [2.75, 3.05) is 6.54 Å². The van der Waals surface area contributed by atoms with Gasteiger partial charge < -0.3 is 15.0 Å². The van der Waals surface area contributed by atoms with E-state index in [1.165, 1.54) is 6.20 Å². The first-order chi connectivity index (χ1) is 7.07. The van der Waals surface area contributed by atoms with Gasteiger partial charge in [-0.15, -0.1) is 0 Å². The van der Waals surface area contributed by atoms with Crippen LogP contribution in [0, 0.1) is 0 Å². The van der Waals surface area contributed by atoms with E-state index in [4.69, 9.17) is 5.11 Å². The molecule has 0 fully saturated rings. The molecule has 5 nitrogen and oxygen atoms in total. The van der Waals surface area contributed by atoms with E-state index in [2.05, 4.69) is 10.3 Å². The summed E-state index contributed by atoms with van der Waals surface area (Å²) in [6, 6.07) is 0.104. The van der Waals surface area contributed by atoms with Gasteiger partial charge in [-0.2, -0.15) is 0 Å². The van der Waals surface area contributed by atoms with Crippen molar-refractivity contribution in [1.82, 2.24) is 14.9 Å². The smallest absolute Gasteiger partial charge is 0.354 e. The predicted octanol–water partition coefficient (Wildman–Crippen LogP) is 1.27. The van der Waals surface area contributed by atoms with Gasteiger partial charge in [0, 0.05) is 6.04 Å². The second kappa shape index (κ2) is 4.93. The van der Waals surface area contributed by atoms with Crippen LogP contribution < -0.4 is 5.32 Å². The van der Waals surface area contributed by atoms with Crippen LogP contribution in [-0.4, -0.2) is 27.2 Å². The van der Waals surface area contributed by atoms with E-state index in [1.807, 2.05) is 20.8 Å². The first-order valence-corrected chi connectivity index (χ1v) is 5.08. The SMILES string of the molecule is CCNCc1ncc(C(=O)O)n1C(C)C. The van der Waals surface area contributed by atoms with Gasteiger partial charge >= 0.3 is 5.97 Å². The van der Waals surface area contributed by atoms with E-state index in [1.54, 1.807) is 4.57 Å². The number of imidazole rings is 1. The van der Waals surface area contributed by atoms with E-state index < -0.39 is 5.97 Å². The number of aromatic carboxylic acids is 1. The Balaban J connectivity index is 3.01. The molecule has 0 spiro atoms. The molecule has 1 rings (SSSR count). The molecule has 0 atom stereocenters. The van der Waals surface area contributed by atoms with Crippen molar-refractivity contribution in [1.29, 1.82) is 0 Å². The van der Waals surface area contributed by atoms with Gasteiger partial charge in [0.1, 0.15) is 11.5 Å². The standard InChI is InChI=1S/C10H17N3O2/c1-4-11-6-9-12-5-8(10(14)15)13(9)7(2)3/h5,7,11H,4,6H2,1-3H3,(H,14,15). The van der Waals surface area contributed by atoms with Crippen molar-refractivity contribution in [3.8, 4) is 0 Å². The molecule has 84 valence electrons. The normalized spacial score (nSPS) is 10.9. The molecule has 0 radical (unpaired) electrons. The monoisotopic (exact) mass is 211 g/mol. The fourth-order valence-corrected chi connectivity index (χ4v) is 1.50. The van der Waals surface area contributed by atoms with E-state index in [0.717, 1.165) is 12.4 Å². The molecule has 1 heterocycles. The van der Waals surface area contributed by atoms with Crippen LogP contribution >= 0.6 is 0 Å². The first-order valence-electron chi connectivity index (χ1n) is 5.08. The van der Waals surface area contributed by atoms with Gasteiger partial charge in [-0.25, -0.2) is 9.78 Å². The van der Waals surface area contributed by atoms with Crippen molar-refractivity contribution in [3.63, 3.8) is 0 Å². The minimum absolute atomic E-state index is 0.104. The molecule has 5 heteroatoms. The molecule has 0 amide bonds. The highest BCUT2D eigenvalue weighted by molar-refractivity contribution is 5.85. The fourth-order valence-electron chi connectivity index (χ4n) is 1.50. The van der Waals surface area contributed by atoms with Crippen molar-refractivity contribution < 1.29 is 9.90 Å². The lowest BCUT2D eigenvalue weighted by atomic mass is 10.3. The maximum absolute atomic E-state index is 10.9. The molecule has 0 saturated heterocycles.